The number of aromatic amines is 2. The molecule has 0 aliphatic heterocycles. The lowest BCUT2D eigenvalue weighted by atomic mass is 10.2. The first-order chi connectivity index (χ1) is 8.72. The van der Waals surface area contributed by atoms with E-state index >= 15 is 0 Å². The number of imidazole rings is 1. The number of benzene rings is 1. The number of aromatic nitrogens is 2. The van der Waals surface area contributed by atoms with Crippen LogP contribution in [0.3, 0.4) is 0 Å². The first-order valence-electron chi connectivity index (χ1n) is 5.71. The monoisotopic (exact) mass is 243 g/mol. The Hall–Kier alpha value is -2.43. The Morgan fingerprint density at radius 1 is 1.22 bits per heavy atom. The summed E-state index contributed by atoms with van der Waals surface area (Å²) in [7, 11) is 0. The second-order valence-corrected chi connectivity index (χ2v) is 4.22. The van der Waals surface area contributed by atoms with E-state index < -0.39 is 0 Å². The first kappa shape index (κ1) is 10.7. The van der Waals surface area contributed by atoms with Gasteiger partial charge in [-0.25, -0.2) is 4.79 Å². The van der Waals surface area contributed by atoms with Gasteiger partial charge in [0.25, 0.3) is 0 Å². The van der Waals surface area contributed by atoms with Gasteiger partial charge in [-0.05, 0) is 36.8 Å². The third-order valence-corrected chi connectivity index (χ3v) is 2.94. The molecule has 2 aromatic heterocycles. The molecule has 0 bridgehead atoms. The average molecular weight is 243 g/mol. The molecule has 2 heterocycles. The molecule has 3 aromatic rings. The Balaban J connectivity index is 1.82. The lowest BCUT2D eigenvalue weighted by Gasteiger charge is -2.05. The van der Waals surface area contributed by atoms with Crippen LogP contribution in [0.25, 0.3) is 11.0 Å². The van der Waals surface area contributed by atoms with Crippen LogP contribution in [-0.2, 0) is 6.54 Å². The van der Waals surface area contributed by atoms with Gasteiger partial charge >= 0.3 is 5.69 Å². The van der Waals surface area contributed by atoms with E-state index in [2.05, 4.69) is 15.3 Å². The highest BCUT2D eigenvalue weighted by Gasteiger charge is 2.03. The van der Waals surface area contributed by atoms with Crippen molar-refractivity contribution in [3.05, 3.63) is 52.3 Å². The van der Waals surface area contributed by atoms with Gasteiger partial charge in [0.05, 0.1) is 23.8 Å². The molecule has 3 rings (SSSR count). The molecule has 3 N–H and O–H groups in total. The van der Waals surface area contributed by atoms with Crippen molar-refractivity contribution in [2.24, 2.45) is 0 Å². The van der Waals surface area contributed by atoms with E-state index in [4.69, 9.17) is 4.42 Å². The largest absolute Gasteiger partial charge is 0.467 e. The SMILES string of the molecule is Cc1ccoc1CNc1ccc2[nH]c(=O)[nH]c2c1. The Labute approximate surface area is 103 Å². The highest BCUT2D eigenvalue weighted by molar-refractivity contribution is 5.78. The van der Waals surface area contributed by atoms with Crippen molar-refractivity contribution < 1.29 is 4.42 Å². The lowest BCUT2D eigenvalue weighted by Crippen LogP contribution is -1.99. The topological polar surface area (TPSA) is 73.8 Å². The van der Waals surface area contributed by atoms with Crippen LogP contribution in [0.5, 0.6) is 0 Å². The number of H-pyrrole nitrogens is 2. The molecule has 5 heteroatoms. The number of furan rings is 1. The molecule has 0 amide bonds. The minimum absolute atomic E-state index is 0.191. The molecule has 0 saturated carbocycles. The van der Waals surface area contributed by atoms with Crippen molar-refractivity contribution in [1.82, 2.24) is 9.97 Å². The van der Waals surface area contributed by atoms with Gasteiger partial charge in [-0.15, -0.1) is 0 Å². The van der Waals surface area contributed by atoms with Crippen LogP contribution in [0.4, 0.5) is 5.69 Å². The fraction of sp³-hybridized carbons (Fsp3) is 0.154. The van der Waals surface area contributed by atoms with Crippen molar-refractivity contribution in [1.29, 1.82) is 0 Å². The molecule has 1 aromatic carbocycles. The van der Waals surface area contributed by atoms with E-state index in [0.29, 0.717) is 6.54 Å². The molecular formula is C13H13N3O2. The van der Waals surface area contributed by atoms with Gasteiger partial charge in [-0.1, -0.05) is 0 Å². The van der Waals surface area contributed by atoms with Gasteiger partial charge in [-0.2, -0.15) is 0 Å². The molecule has 18 heavy (non-hydrogen) atoms. The summed E-state index contributed by atoms with van der Waals surface area (Å²) in [6, 6.07) is 7.62. The fourth-order valence-electron chi connectivity index (χ4n) is 1.91. The van der Waals surface area contributed by atoms with Gasteiger partial charge in [0.1, 0.15) is 5.76 Å². The van der Waals surface area contributed by atoms with Gasteiger partial charge in [0, 0.05) is 5.69 Å². The smallest absolute Gasteiger partial charge is 0.323 e. The third kappa shape index (κ3) is 1.90. The molecular weight excluding hydrogens is 230 g/mol. The molecule has 5 nitrogen and oxygen atoms in total. The highest BCUT2D eigenvalue weighted by Crippen LogP contribution is 2.16. The van der Waals surface area contributed by atoms with Gasteiger partial charge in [-0.3, -0.25) is 0 Å². The minimum atomic E-state index is -0.191. The summed E-state index contributed by atoms with van der Waals surface area (Å²) >= 11 is 0. The van der Waals surface area contributed by atoms with E-state index in [1.54, 1.807) is 6.26 Å². The summed E-state index contributed by atoms with van der Waals surface area (Å²) in [5, 5.41) is 3.26. The Morgan fingerprint density at radius 2 is 2.06 bits per heavy atom. The van der Waals surface area contributed by atoms with Crippen molar-refractivity contribution >= 4 is 16.7 Å². The summed E-state index contributed by atoms with van der Waals surface area (Å²) in [6.07, 6.45) is 1.68. The predicted molar refractivity (Wildman–Crippen MR) is 69.7 cm³/mol. The first-order valence-corrected chi connectivity index (χ1v) is 5.71. The minimum Gasteiger partial charge on any atom is -0.467 e. The normalized spacial score (nSPS) is 10.9. The molecule has 0 saturated heterocycles. The molecule has 0 radical (unpaired) electrons. The van der Waals surface area contributed by atoms with Crippen LogP contribution in [0.1, 0.15) is 11.3 Å². The number of hydrogen-bond donors (Lipinski definition) is 3. The summed E-state index contributed by atoms with van der Waals surface area (Å²) in [5.74, 6) is 0.914. The number of nitrogens with one attached hydrogen (secondary N) is 3. The van der Waals surface area contributed by atoms with Crippen LogP contribution in [-0.4, -0.2) is 9.97 Å². The molecule has 0 atom stereocenters. The van der Waals surface area contributed by atoms with Gasteiger partial charge < -0.3 is 19.7 Å². The fourth-order valence-corrected chi connectivity index (χ4v) is 1.91. The van der Waals surface area contributed by atoms with Gasteiger partial charge in [0.2, 0.25) is 0 Å². The predicted octanol–water partition coefficient (Wildman–Crippen LogP) is 2.37. The number of aryl methyl sites for hydroxylation is 1. The average Bonchev–Trinajstić information content (AvgIpc) is 2.90. The molecule has 0 aliphatic carbocycles. The zero-order chi connectivity index (χ0) is 12.5. The standard InChI is InChI=1S/C13H13N3O2/c1-8-4-5-18-12(8)7-14-9-2-3-10-11(6-9)16-13(17)15-10/h2-6,14H,7H2,1H3,(H2,15,16,17). The van der Waals surface area contributed by atoms with E-state index in [9.17, 15) is 4.79 Å². The molecule has 0 aliphatic rings. The van der Waals surface area contributed by atoms with Crippen LogP contribution < -0.4 is 11.0 Å². The molecule has 0 spiro atoms. The molecule has 92 valence electrons. The zero-order valence-electron chi connectivity index (χ0n) is 9.91. The van der Waals surface area contributed by atoms with Crippen LogP contribution in [0.2, 0.25) is 0 Å². The highest BCUT2D eigenvalue weighted by atomic mass is 16.3. The Morgan fingerprint density at radius 3 is 2.83 bits per heavy atom. The number of hydrogen-bond acceptors (Lipinski definition) is 3. The maximum Gasteiger partial charge on any atom is 0.323 e. The molecule has 0 unspecified atom stereocenters. The number of fused-ring (bicyclic) bond motifs is 1. The van der Waals surface area contributed by atoms with Crippen molar-refractivity contribution in [2.75, 3.05) is 5.32 Å². The molecule has 0 fully saturated rings. The summed E-state index contributed by atoms with van der Waals surface area (Å²) in [6.45, 7) is 2.63. The summed E-state index contributed by atoms with van der Waals surface area (Å²) in [4.78, 5) is 16.6. The van der Waals surface area contributed by atoms with Crippen LogP contribution in [0, 0.1) is 6.92 Å². The maximum absolute atomic E-state index is 11.1. The van der Waals surface area contributed by atoms with Crippen molar-refractivity contribution in [2.45, 2.75) is 13.5 Å². The quantitative estimate of drug-likeness (QED) is 0.661. The van der Waals surface area contributed by atoms with Crippen molar-refractivity contribution in [3.63, 3.8) is 0 Å². The second-order valence-electron chi connectivity index (χ2n) is 4.22. The van der Waals surface area contributed by atoms with E-state index in [0.717, 1.165) is 28.0 Å². The van der Waals surface area contributed by atoms with Gasteiger partial charge in [0.15, 0.2) is 0 Å². The van der Waals surface area contributed by atoms with E-state index in [-0.39, 0.29) is 5.69 Å². The van der Waals surface area contributed by atoms with Crippen molar-refractivity contribution in [3.8, 4) is 0 Å². The number of anilines is 1. The summed E-state index contributed by atoms with van der Waals surface area (Å²) < 4.78 is 5.35. The van der Waals surface area contributed by atoms with Crippen LogP contribution >= 0.6 is 0 Å². The Kier molecular flexibility index (Phi) is 2.44. The summed E-state index contributed by atoms with van der Waals surface area (Å²) in [5.41, 5.74) is 3.47. The third-order valence-electron chi connectivity index (χ3n) is 2.94. The number of rotatable bonds is 3. The van der Waals surface area contributed by atoms with E-state index in [1.807, 2.05) is 31.2 Å². The van der Waals surface area contributed by atoms with E-state index in [1.165, 1.54) is 0 Å². The second kappa shape index (κ2) is 4.10. The lowest BCUT2D eigenvalue weighted by molar-refractivity contribution is 0.515. The van der Waals surface area contributed by atoms with Crippen LogP contribution in [0.15, 0.2) is 39.7 Å². The maximum atomic E-state index is 11.1. The zero-order valence-corrected chi connectivity index (χ0v) is 9.91. The Bertz CT molecular complexity index is 736.